The van der Waals surface area contributed by atoms with Crippen molar-refractivity contribution in [1.29, 1.82) is 0 Å². The second-order valence-corrected chi connectivity index (χ2v) is 5.50. The Balaban J connectivity index is 1.97. The van der Waals surface area contributed by atoms with Crippen LogP contribution in [0.4, 0.5) is 5.82 Å². The minimum absolute atomic E-state index is 0.266. The third-order valence-corrected chi connectivity index (χ3v) is 3.99. The summed E-state index contributed by atoms with van der Waals surface area (Å²) in [5.41, 5.74) is 6.64. The Hall–Kier alpha value is -1.42. The first-order valence-corrected chi connectivity index (χ1v) is 7.46. The molecule has 2 aromatic rings. The number of nitrogens with two attached hydrogens (primary N) is 1. The second kappa shape index (κ2) is 5.17. The number of anilines is 1. The predicted octanol–water partition coefficient (Wildman–Crippen LogP) is -0.609. The zero-order chi connectivity index (χ0) is 14.3. The highest BCUT2D eigenvalue weighted by Gasteiger charge is 2.43. The molecule has 1 aliphatic heterocycles. The molecule has 0 bridgehead atoms. The van der Waals surface area contributed by atoms with Crippen LogP contribution in [0.25, 0.3) is 11.2 Å². The number of nitrogens with zero attached hydrogens (tertiary/aromatic N) is 4. The number of imidazole rings is 1. The topological polar surface area (TPSA) is 119 Å². The number of fused-ring (bicyclic) bond motifs is 1. The molecule has 0 spiro atoms. The molecule has 0 aliphatic carbocycles. The van der Waals surface area contributed by atoms with Crippen LogP contribution in [0.15, 0.2) is 12.7 Å². The van der Waals surface area contributed by atoms with Gasteiger partial charge in [0.1, 0.15) is 24.1 Å². The molecule has 3 heterocycles. The number of rotatable bonds is 3. The van der Waals surface area contributed by atoms with E-state index in [0.29, 0.717) is 16.9 Å². The number of aromatic nitrogens is 4. The SMILES string of the molecule is CSCC1OC(n2cnc3c(N)ncnc32)[C@@H](O)C1O. The minimum atomic E-state index is -1.04. The summed E-state index contributed by atoms with van der Waals surface area (Å²) in [6.07, 6.45) is 1.58. The molecule has 0 amide bonds. The van der Waals surface area contributed by atoms with E-state index in [1.54, 1.807) is 16.3 Å². The maximum Gasteiger partial charge on any atom is 0.167 e. The lowest BCUT2D eigenvalue weighted by molar-refractivity contribution is -0.0288. The normalized spacial score (nSPS) is 30.1. The van der Waals surface area contributed by atoms with E-state index >= 15 is 0 Å². The lowest BCUT2D eigenvalue weighted by atomic mass is 10.1. The Morgan fingerprint density at radius 1 is 1.35 bits per heavy atom. The van der Waals surface area contributed by atoms with Crippen LogP contribution in [0.1, 0.15) is 6.23 Å². The monoisotopic (exact) mass is 297 g/mol. The molecule has 108 valence electrons. The van der Waals surface area contributed by atoms with Gasteiger partial charge in [0.15, 0.2) is 17.7 Å². The maximum absolute atomic E-state index is 10.1. The van der Waals surface area contributed by atoms with E-state index in [2.05, 4.69) is 15.0 Å². The van der Waals surface area contributed by atoms with Gasteiger partial charge in [0.2, 0.25) is 0 Å². The molecule has 9 heteroatoms. The van der Waals surface area contributed by atoms with Crippen LogP contribution < -0.4 is 5.73 Å². The first-order chi connectivity index (χ1) is 9.63. The van der Waals surface area contributed by atoms with Crippen LogP contribution in [-0.4, -0.2) is 60.1 Å². The van der Waals surface area contributed by atoms with E-state index in [0.717, 1.165) is 0 Å². The molecule has 1 fully saturated rings. The van der Waals surface area contributed by atoms with E-state index in [-0.39, 0.29) is 5.82 Å². The van der Waals surface area contributed by atoms with Crippen LogP contribution >= 0.6 is 11.8 Å². The van der Waals surface area contributed by atoms with Crippen LogP contribution in [0.5, 0.6) is 0 Å². The highest BCUT2D eigenvalue weighted by molar-refractivity contribution is 7.98. The molecule has 2 aromatic heterocycles. The quantitative estimate of drug-likeness (QED) is 0.686. The van der Waals surface area contributed by atoms with Crippen molar-refractivity contribution in [3.63, 3.8) is 0 Å². The lowest BCUT2D eigenvalue weighted by Gasteiger charge is -2.16. The van der Waals surface area contributed by atoms with Gasteiger partial charge in [-0.05, 0) is 6.26 Å². The number of nitrogen functional groups attached to an aromatic ring is 1. The highest BCUT2D eigenvalue weighted by Crippen LogP contribution is 2.32. The largest absolute Gasteiger partial charge is 0.387 e. The third-order valence-electron chi connectivity index (χ3n) is 3.33. The van der Waals surface area contributed by atoms with Crippen molar-refractivity contribution in [3.8, 4) is 0 Å². The molecule has 3 unspecified atom stereocenters. The van der Waals surface area contributed by atoms with Gasteiger partial charge in [-0.2, -0.15) is 11.8 Å². The Morgan fingerprint density at radius 2 is 2.15 bits per heavy atom. The van der Waals surface area contributed by atoms with Crippen molar-refractivity contribution in [1.82, 2.24) is 19.5 Å². The Morgan fingerprint density at radius 3 is 2.90 bits per heavy atom. The summed E-state index contributed by atoms with van der Waals surface area (Å²) in [5, 5.41) is 20.2. The Kier molecular flexibility index (Phi) is 3.50. The number of aliphatic hydroxyl groups is 2. The average molecular weight is 297 g/mol. The summed E-state index contributed by atoms with van der Waals surface area (Å²) < 4.78 is 7.29. The molecule has 0 saturated carbocycles. The summed E-state index contributed by atoms with van der Waals surface area (Å²) in [6.45, 7) is 0. The predicted molar refractivity (Wildman–Crippen MR) is 74.0 cm³/mol. The van der Waals surface area contributed by atoms with Gasteiger partial charge >= 0.3 is 0 Å². The first kappa shape index (κ1) is 13.6. The number of hydrogen-bond acceptors (Lipinski definition) is 8. The minimum Gasteiger partial charge on any atom is -0.387 e. The van der Waals surface area contributed by atoms with Crippen LogP contribution in [0.3, 0.4) is 0 Å². The number of ether oxygens (including phenoxy) is 1. The zero-order valence-electron chi connectivity index (χ0n) is 10.7. The summed E-state index contributed by atoms with van der Waals surface area (Å²) in [5.74, 6) is 0.862. The van der Waals surface area contributed by atoms with Crippen molar-refractivity contribution in [2.45, 2.75) is 24.5 Å². The number of aliphatic hydroxyl groups excluding tert-OH is 2. The summed E-state index contributed by atoms with van der Waals surface area (Å²) in [4.78, 5) is 12.1. The van der Waals surface area contributed by atoms with Crippen molar-refractivity contribution in [2.75, 3.05) is 17.7 Å². The first-order valence-electron chi connectivity index (χ1n) is 6.07. The van der Waals surface area contributed by atoms with Crippen LogP contribution in [-0.2, 0) is 4.74 Å². The molecule has 4 atom stereocenters. The van der Waals surface area contributed by atoms with E-state index in [4.69, 9.17) is 10.5 Å². The van der Waals surface area contributed by atoms with Crippen LogP contribution in [0, 0.1) is 0 Å². The number of thioether (sulfide) groups is 1. The molecule has 4 N–H and O–H groups in total. The summed E-state index contributed by atoms with van der Waals surface area (Å²) >= 11 is 1.54. The van der Waals surface area contributed by atoms with E-state index < -0.39 is 24.5 Å². The van der Waals surface area contributed by atoms with Crippen molar-refractivity contribution in [2.24, 2.45) is 0 Å². The van der Waals surface area contributed by atoms with Crippen molar-refractivity contribution < 1.29 is 14.9 Å². The molecule has 0 aromatic carbocycles. The summed E-state index contributed by atoms with van der Waals surface area (Å²) in [7, 11) is 0. The Bertz CT molecular complexity index is 621. The zero-order valence-corrected chi connectivity index (χ0v) is 11.6. The van der Waals surface area contributed by atoms with Crippen molar-refractivity contribution in [3.05, 3.63) is 12.7 Å². The van der Waals surface area contributed by atoms with E-state index in [1.807, 2.05) is 6.26 Å². The molecular weight excluding hydrogens is 282 g/mol. The fraction of sp³-hybridized carbons (Fsp3) is 0.545. The fourth-order valence-electron chi connectivity index (χ4n) is 2.32. The van der Waals surface area contributed by atoms with Gasteiger partial charge < -0.3 is 20.7 Å². The van der Waals surface area contributed by atoms with E-state index in [9.17, 15) is 10.2 Å². The molecule has 8 nitrogen and oxygen atoms in total. The Labute approximate surface area is 119 Å². The van der Waals surface area contributed by atoms with Gasteiger partial charge in [-0.3, -0.25) is 4.57 Å². The summed E-state index contributed by atoms with van der Waals surface area (Å²) in [6, 6.07) is 0. The van der Waals surface area contributed by atoms with Gasteiger partial charge in [0.05, 0.1) is 12.4 Å². The molecular formula is C11H15N5O3S. The molecule has 20 heavy (non-hydrogen) atoms. The standard InChI is InChI=1S/C11H15N5O3S/c1-20-2-5-7(17)8(18)11(19-5)16-4-15-6-9(12)13-3-14-10(6)16/h3-5,7-8,11,17-18H,2H2,1H3,(H2,12,13,14)/t5?,7?,8-,11?/m0/s1. The lowest BCUT2D eigenvalue weighted by Crippen LogP contribution is -2.32. The van der Waals surface area contributed by atoms with Gasteiger partial charge in [0, 0.05) is 5.75 Å². The van der Waals surface area contributed by atoms with Gasteiger partial charge in [-0.1, -0.05) is 0 Å². The van der Waals surface area contributed by atoms with Gasteiger partial charge in [0.25, 0.3) is 0 Å². The highest BCUT2D eigenvalue weighted by atomic mass is 32.2. The second-order valence-electron chi connectivity index (χ2n) is 4.58. The van der Waals surface area contributed by atoms with Gasteiger partial charge in [-0.25, -0.2) is 15.0 Å². The van der Waals surface area contributed by atoms with Gasteiger partial charge in [-0.15, -0.1) is 0 Å². The molecule has 3 rings (SSSR count). The molecule has 1 saturated heterocycles. The maximum atomic E-state index is 10.1. The molecule has 0 radical (unpaired) electrons. The fourth-order valence-corrected chi connectivity index (χ4v) is 2.92. The smallest absolute Gasteiger partial charge is 0.167 e. The van der Waals surface area contributed by atoms with E-state index in [1.165, 1.54) is 12.7 Å². The third kappa shape index (κ3) is 2.03. The average Bonchev–Trinajstić information content (AvgIpc) is 2.97. The molecule has 1 aliphatic rings. The number of hydrogen-bond donors (Lipinski definition) is 3. The van der Waals surface area contributed by atoms with Crippen LogP contribution in [0.2, 0.25) is 0 Å². The van der Waals surface area contributed by atoms with Crippen molar-refractivity contribution >= 4 is 28.7 Å².